The highest BCUT2D eigenvalue weighted by Gasteiger charge is 2.33. The third kappa shape index (κ3) is 5.23. The molecule has 0 spiro atoms. The number of piperazine rings is 1. The molecule has 1 aliphatic heterocycles. The second-order valence-electron chi connectivity index (χ2n) is 6.61. The van der Waals surface area contributed by atoms with Crippen molar-refractivity contribution in [2.45, 2.75) is 19.3 Å². The molecule has 0 radical (unpaired) electrons. The van der Waals surface area contributed by atoms with Crippen molar-refractivity contribution in [3.8, 4) is 0 Å². The molecule has 7 heteroatoms. The van der Waals surface area contributed by atoms with Gasteiger partial charge in [-0.3, -0.25) is 0 Å². The maximum Gasteiger partial charge on any atom is 0.410 e. The van der Waals surface area contributed by atoms with Gasteiger partial charge in [0.15, 0.2) is 0 Å². The summed E-state index contributed by atoms with van der Waals surface area (Å²) in [5.41, 5.74) is 7.68. The number of carbonyl (C=O) groups excluding carboxylic acids is 2. The average molecular weight is 383 g/mol. The SMILES string of the molecule is NCC1CN(C(=O)OCc2ccccc2)CCN1C(=O)OCc1ccccc1. The molecule has 0 aliphatic carbocycles. The molecule has 148 valence electrons. The van der Waals surface area contributed by atoms with Gasteiger partial charge in [0.05, 0.1) is 6.04 Å². The standard InChI is InChI=1S/C21H25N3O4/c22-13-19-14-23(20(25)27-15-17-7-3-1-4-8-17)11-12-24(19)21(26)28-16-18-9-5-2-6-10-18/h1-10,19H,11-16,22H2. The number of rotatable bonds is 5. The monoisotopic (exact) mass is 383 g/mol. The van der Waals surface area contributed by atoms with Crippen molar-refractivity contribution in [3.05, 3.63) is 71.8 Å². The molecule has 1 fully saturated rings. The van der Waals surface area contributed by atoms with Crippen molar-refractivity contribution in [2.24, 2.45) is 5.73 Å². The van der Waals surface area contributed by atoms with Crippen LogP contribution in [0.3, 0.4) is 0 Å². The van der Waals surface area contributed by atoms with Crippen LogP contribution in [0.2, 0.25) is 0 Å². The van der Waals surface area contributed by atoms with Gasteiger partial charge in [-0.05, 0) is 11.1 Å². The lowest BCUT2D eigenvalue weighted by Crippen LogP contribution is -2.59. The van der Waals surface area contributed by atoms with Crippen LogP contribution >= 0.6 is 0 Å². The van der Waals surface area contributed by atoms with Crippen molar-refractivity contribution in [2.75, 3.05) is 26.2 Å². The van der Waals surface area contributed by atoms with Crippen molar-refractivity contribution < 1.29 is 19.1 Å². The molecule has 2 amide bonds. The Kier molecular flexibility index (Phi) is 6.86. The van der Waals surface area contributed by atoms with Gasteiger partial charge in [0.25, 0.3) is 0 Å². The Labute approximate surface area is 164 Å². The van der Waals surface area contributed by atoms with E-state index in [1.54, 1.807) is 9.80 Å². The Morgan fingerprint density at radius 1 is 0.857 bits per heavy atom. The number of hydrogen-bond donors (Lipinski definition) is 1. The highest BCUT2D eigenvalue weighted by Crippen LogP contribution is 2.14. The molecule has 1 saturated heterocycles. The predicted molar refractivity (Wildman–Crippen MR) is 104 cm³/mol. The fraction of sp³-hybridized carbons (Fsp3) is 0.333. The molecule has 28 heavy (non-hydrogen) atoms. The Hall–Kier alpha value is -3.06. The van der Waals surface area contributed by atoms with Crippen LogP contribution in [0.15, 0.2) is 60.7 Å². The molecule has 2 aromatic carbocycles. The Morgan fingerprint density at radius 3 is 1.93 bits per heavy atom. The summed E-state index contributed by atoms with van der Waals surface area (Å²) in [5.74, 6) is 0. The van der Waals surface area contributed by atoms with Gasteiger partial charge in [-0.2, -0.15) is 0 Å². The summed E-state index contributed by atoms with van der Waals surface area (Å²) in [6.07, 6.45) is -0.823. The lowest BCUT2D eigenvalue weighted by molar-refractivity contribution is 0.0344. The molecule has 7 nitrogen and oxygen atoms in total. The number of carbonyl (C=O) groups is 2. The Morgan fingerprint density at radius 2 is 1.39 bits per heavy atom. The van der Waals surface area contributed by atoms with Crippen LogP contribution < -0.4 is 5.73 Å². The zero-order chi connectivity index (χ0) is 19.8. The molecule has 0 saturated carbocycles. The first-order valence-corrected chi connectivity index (χ1v) is 9.30. The number of ether oxygens (including phenoxy) is 2. The zero-order valence-electron chi connectivity index (χ0n) is 15.7. The van der Waals surface area contributed by atoms with Gasteiger partial charge >= 0.3 is 12.2 Å². The van der Waals surface area contributed by atoms with E-state index in [0.717, 1.165) is 11.1 Å². The summed E-state index contributed by atoms with van der Waals surface area (Å²) in [6.45, 7) is 1.72. The summed E-state index contributed by atoms with van der Waals surface area (Å²) in [6, 6.07) is 18.7. The van der Waals surface area contributed by atoms with Crippen LogP contribution in [0.1, 0.15) is 11.1 Å². The van der Waals surface area contributed by atoms with Gasteiger partial charge < -0.3 is 25.0 Å². The number of benzene rings is 2. The van der Waals surface area contributed by atoms with Gasteiger partial charge in [-0.25, -0.2) is 9.59 Å². The minimum absolute atomic E-state index is 0.205. The van der Waals surface area contributed by atoms with Crippen LogP contribution in [-0.2, 0) is 22.7 Å². The summed E-state index contributed by atoms with van der Waals surface area (Å²) >= 11 is 0. The maximum atomic E-state index is 12.4. The maximum absolute atomic E-state index is 12.4. The van der Waals surface area contributed by atoms with Crippen LogP contribution in [0.5, 0.6) is 0 Å². The fourth-order valence-electron chi connectivity index (χ4n) is 3.08. The van der Waals surface area contributed by atoms with Crippen LogP contribution in [-0.4, -0.2) is 54.2 Å². The molecule has 2 aromatic rings. The van der Waals surface area contributed by atoms with Gasteiger partial charge in [-0.1, -0.05) is 60.7 Å². The molecular weight excluding hydrogens is 358 g/mol. The van der Waals surface area contributed by atoms with Crippen molar-refractivity contribution in [1.82, 2.24) is 9.80 Å². The number of nitrogens with zero attached hydrogens (tertiary/aromatic N) is 2. The second-order valence-corrected chi connectivity index (χ2v) is 6.61. The van der Waals surface area contributed by atoms with Crippen LogP contribution in [0, 0.1) is 0 Å². The minimum atomic E-state index is -0.420. The zero-order valence-corrected chi connectivity index (χ0v) is 15.7. The van der Waals surface area contributed by atoms with Gasteiger partial charge in [0.2, 0.25) is 0 Å². The highest BCUT2D eigenvalue weighted by atomic mass is 16.6. The normalized spacial score (nSPS) is 16.5. The van der Waals surface area contributed by atoms with Crippen LogP contribution in [0.25, 0.3) is 0 Å². The van der Waals surface area contributed by atoms with Gasteiger partial charge in [-0.15, -0.1) is 0 Å². The first-order valence-electron chi connectivity index (χ1n) is 9.30. The number of amides is 2. The summed E-state index contributed by atoms with van der Waals surface area (Å²) < 4.78 is 10.8. The van der Waals surface area contributed by atoms with E-state index >= 15 is 0 Å². The summed E-state index contributed by atoms with van der Waals surface area (Å²) in [7, 11) is 0. The molecule has 1 atom stereocenters. The topological polar surface area (TPSA) is 85.1 Å². The fourth-order valence-corrected chi connectivity index (χ4v) is 3.08. The molecule has 3 rings (SSSR count). The van der Waals surface area contributed by atoms with Crippen molar-refractivity contribution in [1.29, 1.82) is 0 Å². The van der Waals surface area contributed by atoms with Gasteiger partial charge in [0, 0.05) is 26.2 Å². The van der Waals surface area contributed by atoms with E-state index in [2.05, 4.69) is 0 Å². The Bertz CT molecular complexity index is 770. The minimum Gasteiger partial charge on any atom is -0.445 e. The molecule has 1 aliphatic rings. The Balaban J connectivity index is 1.49. The molecule has 0 bridgehead atoms. The van der Waals surface area contributed by atoms with E-state index in [0.29, 0.717) is 19.6 Å². The molecular formula is C21H25N3O4. The summed E-state index contributed by atoms with van der Waals surface area (Å²) in [4.78, 5) is 28.0. The molecule has 0 aromatic heterocycles. The quantitative estimate of drug-likeness (QED) is 0.858. The van der Waals surface area contributed by atoms with E-state index < -0.39 is 12.2 Å². The summed E-state index contributed by atoms with van der Waals surface area (Å²) in [5, 5.41) is 0. The molecule has 1 unspecified atom stereocenters. The largest absolute Gasteiger partial charge is 0.445 e. The van der Waals surface area contributed by atoms with E-state index in [1.807, 2.05) is 60.7 Å². The van der Waals surface area contributed by atoms with Crippen LogP contribution in [0.4, 0.5) is 9.59 Å². The predicted octanol–water partition coefficient (Wildman–Crippen LogP) is 2.60. The first kappa shape index (κ1) is 19.7. The first-order chi connectivity index (χ1) is 13.7. The highest BCUT2D eigenvalue weighted by molar-refractivity contribution is 5.71. The van der Waals surface area contributed by atoms with Gasteiger partial charge in [0.1, 0.15) is 13.2 Å². The van der Waals surface area contributed by atoms with E-state index in [1.165, 1.54) is 0 Å². The lowest BCUT2D eigenvalue weighted by Gasteiger charge is -2.39. The molecule has 2 N–H and O–H groups in total. The van der Waals surface area contributed by atoms with Crippen molar-refractivity contribution in [3.63, 3.8) is 0 Å². The number of hydrogen-bond acceptors (Lipinski definition) is 5. The van der Waals surface area contributed by atoms with E-state index in [4.69, 9.17) is 15.2 Å². The average Bonchev–Trinajstić information content (AvgIpc) is 2.76. The van der Waals surface area contributed by atoms with E-state index in [-0.39, 0.29) is 25.8 Å². The number of nitrogens with two attached hydrogens (primary N) is 1. The second kappa shape index (κ2) is 9.75. The third-order valence-electron chi connectivity index (χ3n) is 4.66. The molecule has 1 heterocycles. The lowest BCUT2D eigenvalue weighted by atomic mass is 10.2. The smallest absolute Gasteiger partial charge is 0.410 e. The van der Waals surface area contributed by atoms with E-state index in [9.17, 15) is 9.59 Å². The van der Waals surface area contributed by atoms with Crippen molar-refractivity contribution >= 4 is 12.2 Å². The third-order valence-corrected chi connectivity index (χ3v) is 4.66.